The number of fused-ring (bicyclic) bond motifs is 8. The molecule has 4 atom stereocenters. The van der Waals surface area contributed by atoms with Crippen molar-refractivity contribution >= 4 is 23.5 Å². The van der Waals surface area contributed by atoms with E-state index in [-0.39, 0.29) is 40.2 Å². The average Bonchev–Trinajstić information content (AvgIpc) is 3.50. The number of nitrogens with zero attached hydrogens (tertiary/aromatic N) is 1. The SMILES string of the molecule is CC1=CCCC2(C)C(CCC23CN(CC24CC5CC(CC(C5)C2)C4)C(=O)O3)c2ccc(cc2C(=O)Cc2c(F)cccc2Cl)CC(O)CC1. The molecular formula is C42H51ClFNO4. The Labute approximate surface area is 295 Å². The molecule has 1 heterocycles. The molecule has 1 N–H and O–H groups in total. The highest BCUT2D eigenvalue weighted by molar-refractivity contribution is 6.31. The zero-order valence-corrected chi connectivity index (χ0v) is 29.9. The third-order valence-electron chi connectivity index (χ3n) is 14.0. The maximum absolute atomic E-state index is 14.9. The van der Waals surface area contributed by atoms with Gasteiger partial charge in [-0.1, -0.05) is 48.4 Å². The van der Waals surface area contributed by atoms with Crippen molar-refractivity contribution in [1.82, 2.24) is 4.90 Å². The van der Waals surface area contributed by atoms with E-state index in [1.165, 1.54) is 50.2 Å². The second-order valence-corrected chi connectivity index (χ2v) is 17.8. The van der Waals surface area contributed by atoms with Gasteiger partial charge in [-0.15, -0.1) is 0 Å². The van der Waals surface area contributed by atoms with E-state index in [1.807, 2.05) is 12.1 Å². The van der Waals surface area contributed by atoms with Crippen LogP contribution in [0, 0.1) is 34.4 Å². The predicted octanol–water partition coefficient (Wildman–Crippen LogP) is 9.62. The molecule has 1 amide bonds. The lowest BCUT2D eigenvalue weighted by Gasteiger charge is -2.57. The number of carbonyl (C=O) groups excluding carboxylic acids is 2. The van der Waals surface area contributed by atoms with Crippen molar-refractivity contribution < 1.29 is 23.8 Å². The summed E-state index contributed by atoms with van der Waals surface area (Å²) in [5.74, 6) is 1.75. The number of ether oxygens (including phenoxy) is 1. The molecule has 1 saturated heterocycles. The van der Waals surface area contributed by atoms with Crippen LogP contribution in [-0.4, -0.2) is 46.7 Å². The first kappa shape index (κ1) is 33.4. The minimum Gasteiger partial charge on any atom is -0.440 e. The van der Waals surface area contributed by atoms with Crippen molar-refractivity contribution in [1.29, 1.82) is 0 Å². The number of ketones is 1. The molecule has 1 spiro atoms. The summed E-state index contributed by atoms with van der Waals surface area (Å²) >= 11 is 6.41. The van der Waals surface area contributed by atoms with Gasteiger partial charge in [-0.2, -0.15) is 0 Å². The van der Waals surface area contributed by atoms with Gasteiger partial charge in [0.1, 0.15) is 11.4 Å². The number of halogens is 2. The molecule has 5 nitrogen and oxygen atoms in total. The van der Waals surface area contributed by atoms with Crippen molar-refractivity contribution in [3.8, 4) is 0 Å². The first-order chi connectivity index (χ1) is 23.4. The molecule has 2 aromatic carbocycles. The van der Waals surface area contributed by atoms with Gasteiger partial charge in [-0.25, -0.2) is 9.18 Å². The van der Waals surface area contributed by atoms with Crippen molar-refractivity contribution in [3.05, 3.63) is 81.1 Å². The lowest BCUT2D eigenvalue weighted by molar-refractivity contribution is -0.0641. The van der Waals surface area contributed by atoms with E-state index in [4.69, 9.17) is 16.3 Å². The molecule has 7 heteroatoms. The molecule has 6 fully saturated rings. The summed E-state index contributed by atoms with van der Waals surface area (Å²) in [7, 11) is 0. The van der Waals surface area contributed by atoms with Crippen molar-refractivity contribution in [2.24, 2.45) is 28.6 Å². The number of Topliss-reactive ketones (excluding diaryl/α,β-unsaturated/α-hetero) is 1. The molecule has 6 bridgehead atoms. The van der Waals surface area contributed by atoms with Gasteiger partial charge in [0, 0.05) is 34.5 Å². The normalized spacial score (nSPS) is 36.9. The van der Waals surface area contributed by atoms with E-state index in [1.54, 1.807) is 12.1 Å². The van der Waals surface area contributed by atoms with Gasteiger partial charge in [0.05, 0.1) is 12.6 Å². The molecule has 0 aromatic heterocycles. The van der Waals surface area contributed by atoms with Crippen molar-refractivity contribution in [2.45, 2.75) is 121 Å². The Bertz CT molecular complexity index is 1630. The molecule has 49 heavy (non-hydrogen) atoms. The second-order valence-electron chi connectivity index (χ2n) is 17.4. The smallest absolute Gasteiger partial charge is 0.410 e. The Morgan fingerprint density at radius 1 is 1.06 bits per heavy atom. The molecule has 4 unspecified atom stereocenters. The van der Waals surface area contributed by atoms with Gasteiger partial charge < -0.3 is 14.7 Å². The maximum atomic E-state index is 14.9. The van der Waals surface area contributed by atoms with Crippen molar-refractivity contribution in [3.63, 3.8) is 0 Å². The summed E-state index contributed by atoms with van der Waals surface area (Å²) in [6.45, 7) is 5.84. The van der Waals surface area contributed by atoms with Crippen LogP contribution in [0.4, 0.5) is 9.18 Å². The van der Waals surface area contributed by atoms with E-state index in [0.717, 1.165) is 67.5 Å². The van der Waals surface area contributed by atoms with Crippen LogP contribution < -0.4 is 0 Å². The number of amides is 1. The van der Waals surface area contributed by atoms with Crippen LogP contribution in [-0.2, 0) is 17.6 Å². The largest absolute Gasteiger partial charge is 0.440 e. The van der Waals surface area contributed by atoms with Crippen LogP contribution in [0.1, 0.15) is 124 Å². The molecule has 8 aliphatic rings. The fraction of sp³-hybridized carbons (Fsp3) is 0.619. The molecule has 10 rings (SSSR count). The lowest BCUT2D eigenvalue weighted by atomic mass is 9.49. The Balaban J connectivity index is 1.15. The zero-order chi connectivity index (χ0) is 34.1. The minimum atomic E-state index is -0.653. The third kappa shape index (κ3) is 5.97. The maximum Gasteiger partial charge on any atom is 0.410 e. The third-order valence-corrected chi connectivity index (χ3v) is 14.4. The van der Waals surface area contributed by atoms with E-state index >= 15 is 0 Å². The summed E-state index contributed by atoms with van der Waals surface area (Å²) in [4.78, 5) is 30.3. The van der Waals surface area contributed by atoms with Gasteiger partial charge in [0.15, 0.2) is 5.78 Å². The van der Waals surface area contributed by atoms with E-state index in [2.05, 4.69) is 30.9 Å². The number of carbonyl (C=O) groups is 2. The fourth-order valence-corrected chi connectivity index (χ4v) is 12.2. The summed E-state index contributed by atoms with van der Waals surface area (Å²) in [5, 5.41) is 11.2. The summed E-state index contributed by atoms with van der Waals surface area (Å²) in [6, 6.07) is 10.6. The summed E-state index contributed by atoms with van der Waals surface area (Å²) in [6.07, 6.45) is 14.4. The number of hydrogen-bond donors (Lipinski definition) is 1. The number of hydrogen-bond acceptors (Lipinski definition) is 4. The van der Waals surface area contributed by atoms with E-state index < -0.39 is 22.9 Å². The van der Waals surface area contributed by atoms with Crippen LogP contribution in [0.5, 0.6) is 0 Å². The van der Waals surface area contributed by atoms with Gasteiger partial charge in [-0.3, -0.25) is 4.79 Å². The minimum absolute atomic E-state index is 0.0366. The molecule has 262 valence electrons. The van der Waals surface area contributed by atoms with Gasteiger partial charge in [-0.05, 0) is 149 Å². The molecule has 1 aliphatic heterocycles. The zero-order valence-electron chi connectivity index (χ0n) is 29.1. The average molecular weight is 688 g/mol. The Hall–Kier alpha value is -2.70. The van der Waals surface area contributed by atoms with Crippen molar-refractivity contribution in [2.75, 3.05) is 13.1 Å². The van der Waals surface area contributed by atoms with Gasteiger partial charge in [0.2, 0.25) is 0 Å². The fourth-order valence-electron chi connectivity index (χ4n) is 12.0. The van der Waals surface area contributed by atoms with Crippen LogP contribution >= 0.6 is 11.6 Å². The Kier molecular flexibility index (Phi) is 8.54. The molecular weight excluding hydrogens is 637 g/mol. The van der Waals surface area contributed by atoms with Crippen LogP contribution in [0.15, 0.2) is 48.0 Å². The van der Waals surface area contributed by atoms with Crippen LogP contribution in [0.3, 0.4) is 0 Å². The molecule has 2 aromatic rings. The van der Waals surface area contributed by atoms with E-state index in [0.29, 0.717) is 24.9 Å². The highest BCUT2D eigenvalue weighted by Gasteiger charge is 2.65. The highest BCUT2D eigenvalue weighted by atomic mass is 35.5. The standard InChI is InChI=1S/C42H51ClFNO4/c1-26-5-4-13-40(2)35(12-14-42(40)25-45(39(48)49-42)24-41-21-28-15-29(22-41)17-30(16-28)23-41)32-11-9-27(18-31(46)10-8-26)19-33(32)38(47)20-34-36(43)6-3-7-37(34)44/h3,5-7,9,11,19,28-31,35,46H,4,8,10,12-18,20-25H2,1-2H3. The number of aliphatic hydroxyl groups excluding tert-OH is 1. The Morgan fingerprint density at radius 3 is 2.51 bits per heavy atom. The van der Waals surface area contributed by atoms with E-state index in [9.17, 15) is 19.1 Å². The summed E-state index contributed by atoms with van der Waals surface area (Å²) < 4.78 is 21.6. The predicted molar refractivity (Wildman–Crippen MR) is 189 cm³/mol. The van der Waals surface area contributed by atoms with Gasteiger partial charge >= 0.3 is 6.09 Å². The topological polar surface area (TPSA) is 66.8 Å². The highest BCUT2D eigenvalue weighted by Crippen LogP contribution is 2.64. The van der Waals surface area contributed by atoms with Crippen LogP contribution in [0.25, 0.3) is 0 Å². The number of rotatable bonds is 5. The summed E-state index contributed by atoms with van der Waals surface area (Å²) in [5.41, 5.74) is 3.01. The lowest BCUT2D eigenvalue weighted by Crippen LogP contribution is -2.52. The molecule has 7 aliphatic carbocycles. The molecule has 0 radical (unpaired) electrons. The number of aliphatic hydroxyl groups is 1. The first-order valence-electron chi connectivity index (χ1n) is 18.9. The number of benzene rings is 2. The second kappa shape index (κ2) is 12.5. The monoisotopic (exact) mass is 687 g/mol. The van der Waals surface area contributed by atoms with Gasteiger partial charge in [0.25, 0.3) is 0 Å². The number of allylic oxidation sites excluding steroid dienone is 2. The Morgan fingerprint density at radius 2 is 1.80 bits per heavy atom. The quantitative estimate of drug-likeness (QED) is 0.251. The van der Waals surface area contributed by atoms with Crippen LogP contribution in [0.2, 0.25) is 5.02 Å². The first-order valence-corrected chi connectivity index (χ1v) is 19.2. The molecule has 5 saturated carbocycles.